The first kappa shape index (κ1) is 17.4. The number of halogens is 1. The molecule has 0 aliphatic rings. The molecular weight excluding hydrogens is 362 g/mol. The molecule has 0 radical (unpaired) electrons. The second-order valence-electron chi connectivity index (χ2n) is 6.09. The predicted octanol–water partition coefficient (Wildman–Crippen LogP) is 4.90. The number of amides is 1. The minimum Gasteiger partial charge on any atom is -0.451 e. The molecule has 0 saturated heterocycles. The Morgan fingerprint density at radius 2 is 1.89 bits per heavy atom. The summed E-state index contributed by atoms with van der Waals surface area (Å²) < 4.78 is 7.78. The van der Waals surface area contributed by atoms with Crippen molar-refractivity contribution >= 4 is 28.5 Å². The summed E-state index contributed by atoms with van der Waals surface area (Å²) in [6, 6.07) is 18.7. The van der Waals surface area contributed by atoms with Crippen molar-refractivity contribution in [3.8, 4) is 11.3 Å². The lowest BCUT2D eigenvalue weighted by Gasteiger charge is -2.07. The standard InChI is InChI=1S/C21H18ClN3O2/c1-2-25-17-10-6-5-9-16(17)24-20(25)13-23-21(26)19-12-11-18(27-19)14-7-3-4-8-15(14)22/h3-12H,2,13H2,1H3,(H,23,26). The van der Waals surface area contributed by atoms with E-state index in [1.165, 1.54) is 0 Å². The molecule has 6 heteroatoms. The van der Waals surface area contributed by atoms with Crippen molar-refractivity contribution in [3.05, 3.63) is 77.3 Å². The van der Waals surface area contributed by atoms with Crippen LogP contribution in [0.25, 0.3) is 22.4 Å². The first-order valence-corrected chi connectivity index (χ1v) is 9.12. The highest BCUT2D eigenvalue weighted by Gasteiger charge is 2.15. The van der Waals surface area contributed by atoms with Crippen LogP contribution in [-0.4, -0.2) is 15.5 Å². The zero-order chi connectivity index (χ0) is 18.8. The van der Waals surface area contributed by atoms with Gasteiger partial charge in [0.15, 0.2) is 5.76 Å². The summed E-state index contributed by atoms with van der Waals surface area (Å²) >= 11 is 6.19. The molecule has 1 amide bonds. The molecule has 2 aromatic carbocycles. The van der Waals surface area contributed by atoms with E-state index in [9.17, 15) is 4.79 Å². The Labute approximate surface area is 161 Å². The van der Waals surface area contributed by atoms with Gasteiger partial charge in [-0.3, -0.25) is 4.79 Å². The average molecular weight is 380 g/mol. The molecule has 0 aliphatic carbocycles. The second kappa shape index (κ2) is 7.29. The number of fused-ring (bicyclic) bond motifs is 1. The molecule has 0 spiro atoms. The number of benzene rings is 2. The summed E-state index contributed by atoms with van der Waals surface area (Å²) in [5.41, 5.74) is 2.73. The van der Waals surface area contributed by atoms with E-state index in [2.05, 4.69) is 21.8 Å². The third kappa shape index (κ3) is 3.34. The van der Waals surface area contributed by atoms with Crippen LogP contribution in [-0.2, 0) is 13.1 Å². The van der Waals surface area contributed by atoms with Crippen LogP contribution < -0.4 is 5.32 Å². The number of hydrogen-bond donors (Lipinski definition) is 1. The molecule has 4 rings (SSSR count). The number of furan rings is 1. The van der Waals surface area contributed by atoms with E-state index in [1.807, 2.05) is 42.5 Å². The SMILES string of the molecule is CCn1c(CNC(=O)c2ccc(-c3ccccc3Cl)o2)nc2ccccc21. The molecule has 2 aromatic heterocycles. The number of carbonyl (C=O) groups excluding carboxylic acids is 1. The normalized spacial score (nSPS) is 11.0. The number of nitrogens with zero attached hydrogens (tertiary/aromatic N) is 2. The Hall–Kier alpha value is -3.05. The molecule has 0 saturated carbocycles. The largest absolute Gasteiger partial charge is 0.451 e. The number of nitrogens with one attached hydrogen (secondary N) is 1. The Bertz CT molecular complexity index is 1110. The number of imidazole rings is 1. The highest BCUT2D eigenvalue weighted by Crippen LogP contribution is 2.29. The first-order chi connectivity index (χ1) is 13.2. The van der Waals surface area contributed by atoms with Crippen LogP contribution in [0.15, 0.2) is 65.1 Å². The third-order valence-electron chi connectivity index (χ3n) is 4.43. The third-order valence-corrected chi connectivity index (χ3v) is 4.76. The Morgan fingerprint density at radius 1 is 1.11 bits per heavy atom. The lowest BCUT2D eigenvalue weighted by molar-refractivity contribution is 0.0922. The van der Waals surface area contributed by atoms with Gasteiger partial charge in [0.1, 0.15) is 11.6 Å². The molecule has 5 nitrogen and oxygen atoms in total. The van der Waals surface area contributed by atoms with Gasteiger partial charge in [0.2, 0.25) is 0 Å². The van der Waals surface area contributed by atoms with Gasteiger partial charge in [-0.15, -0.1) is 0 Å². The Morgan fingerprint density at radius 3 is 2.70 bits per heavy atom. The van der Waals surface area contributed by atoms with Crippen LogP contribution in [0.5, 0.6) is 0 Å². The van der Waals surface area contributed by atoms with E-state index < -0.39 is 0 Å². The van der Waals surface area contributed by atoms with Crippen molar-refractivity contribution in [1.82, 2.24) is 14.9 Å². The monoisotopic (exact) mass is 379 g/mol. The maximum Gasteiger partial charge on any atom is 0.287 e. The maximum absolute atomic E-state index is 12.5. The van der Waals surface area contributed by atoms with Gasteiger partial charge >= 0.3 is 0 Å². The van der Waals surface area contributed by atoms with Gasteiger partial charge in [-0.1, -0.05) is 35.9 Å². The summed E-state index contributed by atoms with van der Waals surface area (Å²) in [5, 5.41) is 3.46. The van der Waals surface area contributed by atoms with Crippen molar-refractivity contribution < 1.29 is 9.21 Å². The minimum absolute atomic E-state index is 0.240. The summed E-state index contributed by atoms with van der Waals surface area (Å²) in [7, 11) is 0. The zero-order valence-electron chi connectivity index (χ0n) is 14.8. The highest BCUT2D eigenvalue weighted by atomic mass is 35.5. The quantitative estimate of drug-likeness (QED) is 0.536. The van der Waals surface area contributed by atoms with Gasteiger partial charge in [0.05, 0.1) is 22.6 Å². The second-order valence-corrected chi connectivity index (χ2v) is 6.49. The van der Waals surface area contributed by atoms with Gasteiger partial charge in [-0.25, -0.2) is 4.98 Å². The Kier molecular flexibility index (Phi) is 4.69. The number of hydrogen-bond acceptors (Lipinski definition) is 3. The van der Waals surface area contributed by atoms with Crippen molar-refractivity contribution in [2.24, 2.45) is 0 Å². The van der Waals surface area contributed by atoms with Crippen LogP contribution in [0.4, 0.5) is 0 Å². The molecule has 4 aromatic rings. The van der Waals surface area contributed by atoms with E-state index >= 15 is 0 Å². The highest BCUT2D eigenvalue weighted by molar-refractivity contribution is 6.33. The summed E-state index contributed by atoms with van der Waals surface area (Å²) in [6.07, 6.45) is 0. The molecule has 0 fully saturated rings. The fourth-order valence-corrected chi connectivity index (χ4v) is 3.35. The van der Waals surface area contributed by atoms with E-state index in [0.29, 0.717) is 17.3 Å². The van der Waals surface area contributed by atoms with E-state index in [0.717, 1.165) is 29.0 Å². The van der Waals surface area contributed by atoms with Crippen LogP contribution in [0.1, 0.15) is 23.3 Å². The van der Waals surface area contributed by atoms with Crippen molar-refractivity contribution in [3.63, 3.8) is 0 Å². The summed E-state index contributed by atoms with van der Waals surface area (Å²) in [4.78, 5) is 17.1. The smallest absolute Gasteiger partial charge is 0.287 e. The summed E-state index contributed by atoms with van der Waals surface area (Å²) in [6.45, 7) is 3.16. The van der Waals surface area contributed by atoms with E-state index in [1.54, 1.807) is 18.2 Å². The molecule has 0 unspecified atom stereocenters. The van der Waals surface area contributed by atoms with Gasteiger partial charge in [0, 0.05) is 12.1 Å². The molecule has 1 N–H and O–H groups in total. The fourth-order valence-electron chi connectivity index (χ4n) is 3.13. The predicted molar refractivity (Wildman–Crippen MR) is 106 cm³/mol. The van der Waals surface area contributed by atoms with E-state index in [4.69, 9.17) is 16.0 Å². The molecule has 0 atom stereocenters. The van der Waals surface area contributed by atoms with E-state index in [-0.39, 0.29) is 11.7 Å². The van der Waals surface area contributed by atoms with Gasteiger partial charge in [-0.2, -0.15) is 0 Å². The first-order valence-electron chi connectivity index (χ1n) is 8.74. The zero-order valence-corrected chi connectivity index (χ0v) is 15.5. The lowest BCUT2D eigenvalue weighted by Crippen LogP contribution is -2.24. The number of aromatic nitrogens is 2. The fraction of sp³-hybridized carbons (Fsp3) is 0.143. The molecule has 27 heavy (non-hydrogen) atoms. The van der Waals surface area contributed by atoms with Gasteiger partial charge in [0.25, 0.3) is 5.91 Å². The number of aryl methyl sites for hydroxylation is 1. The maximum atomic E-state index is 12.5. The molecule has 0 bridgehead atoms. The molecule has 2 heterocycles. The average Bonchev–Trinajstić information content (AvgIpc) is 3.31. The van der Waals surface area contributed by atoms with Crippen molar-refractivity contribution in [2.75, 3.05) is 0 Å². The van der Waals surface area contributed by atoms with Crippen molar-refractivity contribution in [1.29, 1.82) is 0 Å². The molecular formula is C21H18ClN3O2. The van der Waals surface area contributed by atoms with Gasteiger partial charge < -0.3 is 14.3 Å². The van der Waals surface area contributed by atoms with Crippen LogP contribution in [0.3, 0.4) is 0 Å². The minimum atomic E-state index is -0.289. The van der Waals surface area contributed by atoms with Crippen LogP contribution in [0, 0.1) is 0 Å². The summed E-state index contributed by atoms with van der Waals surface area (Å²) in [5.74, 6) is 1.32. The molecule has 136 valence electrons. The number of para-hydroxylation sites is 2. The topological polar surface area (TPSA) is 60.1 Å². The number of rotatable bonds is 5. The van der Waals surface area contributed by atoms with Crippen molar-refractivity contribution in [2.45, 2.75) is 20.0 Å². The van der Waals surface area contributed by atoms with Crippen LogP contribution >= 0.6 is 11.6 Å². The molecule has 0 aliphatic heterocycles. The van der Waals surface area contributed by atoms with Crippen LogP contribution in [0.2, 0.25) is 5.02 Å². The van der Waals surface area contributed by atoms with Gasteiger partial charge in [-0.05, 0) is 43.3 Å². The Balaban J connectivity index is 1.52. The lowest BCUT2D eigenvalue weighted by atomic mass is 10.2. The number of carbonyl (C=O) groups is 1.